The van der Waals surface area contributed by atoms with Crippen molar-refractivity contribution in [1.29, 1.82) is 0 Å². The first-order valence-corrected chi connectivity index (χ1v) is 7.49. The number of alkyl halides is 3. The number of halogens is 3. The van der Waals surface area contributed by atoms with E-state index in [1.807, 2.05) is 0 Å². The minimum atomic E-state index is -4.41. The maximum Gasteiger partial charge on any atom is 0.416 e. The molecule has 0 spiro atoms. The lowest BCUT2D eigenvalue weighted by atomic mass is 10.0. The minimum Gasteiger partial charge on any atom is -0.480 e. The molecule has 3 atom stereocenters. The number of hydrogen-bond donors (Lipinski definition) is 1. The molecule has 0 aromatic heterocycles. The number of benzene rings is 1. The fourth-order valence-corrected chi connectivity index (χ4v) is 3.28. The van der Waals surface area contributed by atoms with Crippen molar-refractivity contribution in [2.75, 3.05) is 6.54 Å². The second kappa shape index (κ2) is 5.54. The molecule has 2 fully saturated rings. The summed E-state index contributed by atoms with van der Waals surface area (Å²) in [7, 11) is 0. The van der Waals surface area contributed by atoms with Crippen molar-refractivity contribution in [3.63, 3.8) is 0 Å². The smallest absolute Gasteiger partial charge is 0.416 e. The second-order valence-electron chi connectivity index (χ2n) is 6.10. The van der Waals surface area contributed by atoms with Crippen LogP contribution in [0.15, 0.2) is 24.3 Å². The maximum absolute atomic E-state index is 12.8. The van der Waals surface area contributed by atoms with Crippen molar-refractivity contribution in [3.8, 4) is 0 Å². The first kappa shape index (κ1) is 15.8. The van der Waals surface area contributed by atoms with E-state index < -0.39 is 29.7 Å². The molecule has 0 bridgehead atoms. The molecule has 1 heterocycles. The maximum atomic E-state index is 12.8. The third-order valence-corrected chi connectivity index (χ3v) is 4.57. The van der Waals surface area contributed by atoms with Gasteiger partial charge in [0.15, 0.2) is 0 Å². The van der Waals surface area contributed by atoms with Gasteiger partial charge in [-0.1, -0.05) is 18.2 Å². The first-order chi connectivity index (χ1) is 10.8. The first-order valence-electron chi connectivity index (χ1n) is 7.49. The molecule has 124 valence electrons. The van der Waals surface area contributed by atoms with Crippen LogP contribution in [0.5, 0.6) is 0 Å². The van der Waals surface area contributed by atoms with E-state index in [1.54, 1.807) is 6.07 Å². The summed E-state index contributed by atoms with van der Waals surface area (Å²) >= 11 is 0. The number of hydrogen-bond acceptors (Lipinski definition) is 2. The van der Waals surface area contributed by atoms with E-state index in [0.29, 0.717) is 31.4 Å². The number of amides is 1. The molecule has 1 aliphatic carbocycles. The molecule has 1 saturated carbocycles. The van der Waals surface area contributed by atoms with Gasteiger partial charge in [0.05, 0.1) is 5.56 Å². The van der Waals surface area contributed by atoms with E-state index in [4.69, 9.17) is 5.11 Å². The van der Waals surface area contributed by atoms with Gasteiger partial charge in [-0.15, -0.1) is 0 Å². The van der Waals surface area contributed by atoms with Crippen LogP contribution in [-0.2, 0) is 15.8 Å². The standard InChI is InChI=1S/C16H16F3NO3/c17-16(18,19)10-4-1-3-9(7-10)11-8-12(11)14(21)20-6-2-5-13(20)15(22)23/h1,3-4,7,11-13H,2,5-6,8H2,(H,22,23)/t11-,12+,13+/m1/s1. The third kappa shape index (κ3) is 3.04. The van der Waals surface area contributed by atoms with Crippen LogP contribution in [0.1, 0.15) is 36.3 Å². The SMILES string of the molecule is O=C(O)[C@@H]1CCCN1C(=O)[C@H]1C[C@@H]1c1cccc(C(F)(F)F)c1. The Labute approximate surface area is 130 Å². The summed E-state index contributed by atoms with van der Waals surface area (Å²) in [6.45, 7) is 0.404. The molecule has 0 unspecified atom stereocenters. The molecule has 4 nitrogen and oxygen atoms in total. The van der Waals surface area contributed by atoms with Crippen LogP contribution in [-0.4, -0.2) is 34.5 Å². The van der Waals surface area contributed by atoms with Crippen LogP contribution in [0.3, 0.4) is 0 Å². The molecule has 1 saturated heterocycles. The average molecular weight is 327 g/mol. The van der Waals surface area contributed by atoms with Crippen molar-refractivity contribution in [2.24, 2.45) is 5.92 Å². The zero-order chi connectivity index (χ0) is 16.8. The lowest BCUT2D eigenvalue weighted by Crippen LogP contribution is -2.41. The molecule has 1 N–H and O–H groups in total. The fraction of sp³-hybridized carbons (Fsp3) is 0.500. The molecular weight excluding hydrogens is 311 g/mol. The summed E-state index contributed by atoms with van der Waals surface area (Å²) in [5.74, 6) is -1.93. The molecule has 1 aromatic carbocycles. The van der Waals surface area contributed by atoms with Gasteiger partial charge in [-0.2, -0.15) is 13.2 Å². The number of carbonyl (C=O) groups is 2. The predicted molar refractivity (Wildman–Crippen MR) is 74.7 cm³/mol. The van der Waals surface area contributed by atoms with Crippen molar-refractivity contribution >= 4 is 11.9 Å². The number of carboxylic acids is 1. The van der Waals surface area contributed by atoms with E-state index in [-0.39, 0.29) is 11.8 Å². The topological polar surface area (TPSA) is 57.6 Å². The van der Waals surface area contributed by atoms with Gasteiger partial charge < -0.3 is 10.0 Å². The van der Waals surface area contributed by atoms with Gasteiger partial charge in [0.2, 0.25) is 5.91 Å². The van der Waals surface area contributed by atoms with Crippen LogP contribution >= 0.6 is 0 Å². The number of aliphatic carboxylic acids is 1. The molecule has 7 heteroatoms. The lowest BCUT2D eigenvalue weighted by Gasteiger charge is -2.21. The molecule has 1 amide bonds. The Morgan fingerprint density at radius 3 is 2.65 bits per heavy atom. The molecule has 3 rings (SSSR count). The minimum absolute atomic E-state index is 0.250. The molecule has 23 heavy (non-hydrogen) atoms. The average Bonchev–Trinajstić information content (AvgIpc) is 3.13. The highest BCUT2D eigenvalue weighted by atomic mass is 19.4. The molecular formula is C16H16F3NO3. The van der Waals surface area contributed by atoms with Gasteiger partial charge in [0, 0.05) is 12.5 Å². The van der Waals surface area contributed by atoms with Crippen molar-refractivity contribution < 1.29 is 27.9 Å². The van der Waals surface area contributed by atoms with E-state index in [1.165, 1.54) is 11.0 Å². The van der Waals surface area contributed by atoms with Crippen molar-refractivity contribution in [1.82, 2.24) is 4.90 Å². The Kier molecular flexibility index (Phi) is 3.82. The normalized spacial score (nSPS) is 27.1. The summed E-state index contributed by atoms with van der Waals surface area (Å²) in [6.07, 6.45) is -2.86. The van der Waals surface area contributed by atoms with Crippen molar-refractivity contribution in [3.05, 3.63) is 35.4 Å². The highest BCUT2D eigenvalue weighted by molar-refractivity contribution is 5.88. The number of rotatable bonds is 3. The van der Waals surface area contributed by atoms with E-state index >= 15 is 0 Å². The number of nitrogens with zero attached hydrogens (tertiary/aromatic N) is 1. The zero-order valence-corrected chi connectivity index (χ0v) is 12.2. The van der Waals surface area contributed by atoms with Gasteiger partial charge in [0.25, 0.3) is 0 Å². The summed E-state index contributed by atoms with van der Waals surface area (Å²) in [6, 6.07) is 4.21. The van der Waals surface area contributed by atoms with E-state index in [0.717, 1.165) is 12.1 Å². The summed E-state index contributed by atoms with van der Waals surface area (Å²) in [5.41, 5.74) is -0.234. The van der Waals surface area contributed by atoms with Crippen LogP contribution in [0, 0.1) is 5.92 Å². The van der Waals surface area contributed by atoms with Gasteiger partial charge in [0.1, 0.15) is 6.04 Å². The molecule has 2 aliphatic rings. The fourth-order valence-electron chi connectivity index (χ4n) is 3.28. The monoisotopic (exact) mass is 327 g/mol. The number of carbonyl (C=O) groups excluding carboxylic acids is 1. The van der Waals surface area contributed by atoms with Crippen LogP contribution < -0.4 is 0 Å². The quantitative estimate of drug-likeness (QED) is 0.929. The van der Waals surface area contributed by atoms with E-state index in [9.17, 15) is 22.8 Å². The largest absolute Gasteiger partial charge is 0.480 e. The Bertz CT molecular complexity index is 644. The summed E-state index contributed by atoms with van der Waals surface area (Å²) in [5, 5.41) is 9.12. The van der Waals surface area contributed by atoms with Crippen LogP contribution in [0.2, 0.25) is 0 Å². The Hall–Kier alpha value is -2.05. The summed E-state index contributed by atoms with van der Waals surface area (Å²) in [4.78, 5) is 24.9. The molecule has 1 aliphatic heterocycles. The second-order valence-corrected chi connectivity index (χ2v) is 6.10. The Morgan fingerprint density at radius 1 is 1.26 bits per heavy atom. The number of likely N-dealkylation sites (tertiary alicyclic amines) is 1. The molecule has 1 aromatic rings. The van der Waals surface area contributed by atoms with Gasteiger partial charge >= 0.3 is 12.1 Å². The third-order valence-electron chi connectivity index (χ3n) is 4.57. The Morgan fingerprint density at radius 2 is 2.00 bits per heavy atom. The van der Waals surface area contributed by atoms with Gasteiger partial charge in [-0.3, -0.25) is 4.79 Å². The summed E-state index contributed by atoms with van der Waals surface area (Å²) < 4.78 is 38.3. The zero-order valence-electron chi connectivity index (χ0n) is 12.2. The van der Waals surface area contributed by atoms with Crippen LogP contribution in [0.4, 0.5) is 13.2 Å². The predicted octanol–water partition coefficient (Wildman–Crippen LogP) is 2.88. The highest BCUT2D eigenvalue weighted by Crippen LogP contribution is 2.49. The molecule has 0 radical (unpaired) electrons. The van der Waals surface area contributed by atoms with Crippen molar-refractivity contribution in [2.45, 2.75) is 37.4 Å². The lowest BCUT2D eigenvalue weighted by molar-refractivity contribution is -0.148. The number of carboxylic acid groups (broad SMARTS) is 1. The van der Waals surface area contributed by atoms with Gasteiger partial charge in [-0.05, 0) is 36.8 Å². The van der Waals surface area contributed by atoms with Crippen LogP contribution in [0.25, 0.3) is 0 Å². The van der Waals surface area contributed by atoms with E-state index in [2.05, 4.69) is 0 Å². The highest BCUT2D eigenvalue weighted by Gasteiger charge is 2.49. The Balaban J connectivity index is 1.72. The van der Waals surface area contributed by atoms with Gasteiger partial charge in [-0.25, -0.2) is 4.79 Å².